The van der Waals surface area contributed by atoms with E-state index in [2.05, 4.69) is 14.3 Å². The van der Waals surface area contributed by atoms with Crippen LogP contribution in [0, 0.1) is 0 Å². The molecule has 0 unspecified atom stereocenters. The number of hydrogen-bond donors (Lipinski definition) is 1. The van der Waals surface area contributed by atoms with Crippen LogP contribution in [0.1, 0.15) is 0 Å². The van der Waals surface area contributed by atoms with Gasteiger partial charge in [-0.3, -0.25) is 4.18 Å². The van der Waals surface area contributed by atoms with Gasteiger partial charge < -0.3 is 9.30 Å². The van der Waals surface area contributed by atoms with Crippen LogP contribution in [0.25, 0.3) is 5.69 Å². The molecule has 0 aliphatic heterocycles. The van der Waals surface area contributed by atoms with Gasteiger partial charge in [0.2, 0.25) is 0 Å². The van der Waals surface area contributed by atoms with Crippen molar-refractivity contribution in [3.63, 3.8) is 0 Å². The van der Waals surface area contributed by atoms with E-state index in [0.29, 0.717) is 5.75 Å². The maximum absolute atomic E-state index is 10.5. The van der Waals surface area contributed by atoms with Gasteiger partial charge >= 0.3 is 10.3 Å². The minimum Gasteiger partial charge on any atom is -0.491 e. The molecule has 1 aromatic heterocycles. The van der Waals surface area contributed by atoms with Gasteiger partial charge in [0.05, 0.1) is 12.0 Å². The first-order chi connectivity index (χ1) is 9.04. The van der Waals surface area contributed by atoms with Crippen LogP contribution in [0.4, 0.5) is 0 Å². The average molecular weight is 283 g/mol. The first-order valence-corrected chi connectivity index (χ1v) is 6.90. The first kappa shape index (κ1) is 13.5. The zero-order valence-corrected chi connectivity index (χ0v) is 10.8. The van der Waals surface area contributed by atoms with E-state index in [-0.39, 0.29) is 13.2 Å². The van der Waals surface area contributed by atoms with E-state index in [9.17, 15) is 8.42 Å². The molecule has 0 saturated carbocycles. The molecule has 2 N–H and O–H groups in total. The van der Waals surface area contributed by atoms with Crippen LogP contribution in [-0.4, -0.2) is 31.2 Å². The molecule has 1 heterocycles. The minimum absolute atomic E-state index is 0.0871. The van der Waals surface area contributed by atoms with Crippen LogP contribution >= 0.6 is 0 Å². The summed E-state index contributed by atoms with van der Waals surface area (Å²) in [6.07, 6.45) is 5.15. The Morgan fingerprint density at radius 1 is 1.32 bits per heavy atom. The number of ether oxygens (including phenoxy) is 1. The lowest BCUT2D eigenvalue weighted by atomic mass is 10.3. The van der Waals surface area contributed by atoms with Gasteiger partial charge in [-0.2, -0.15) is 8.42 Å². The van der Waals surface area contributed by atoms with Crippen LogP contribution in [0.5, 0.6) is 5.75 Å². The molecular formula is C11H13N3O4S. The standard InChI is InChI=1S/C11H13N3O4S/c12-19(15,16)18-7-6-17-11-3-1-2-10(8-11)14-5-4-13-9-14/h1-5,8-9H,6-7H2,(H2,12,15,16). The van der Waals surface area contributed by atoms with Gasteiger partial charge in [0.1, 0.15) is 19.0 Å². The molecule has 19 heavy (non-hydrogen) atoms. The smallest absolute Gasteiger partial charge is 0.333 e. The van der Waals surface area contributed by atoms with Gasteiger partial charge in [-0.15, -0.1) is 0 Å². The predicted molar refractivity (Wildman–Crippen MR) is 68.1 cm³/mol. The number of nitrogens with zero attached hydrogens (tertiary/aromatic N) is 2. The van der Waals surface area contributed by atoms with E-state index in [0.717, 1.165) is 5.69 Å². The number of hydrogen-bond acceptors (Lipinski definition) is 5. The summed E-state index contributed by atoms with van der Waals surface area (Å²) in [6.45, 7) is -0.0437. The molecule has 0 atom stereocenters. The van der Waals surface area contributed by atoms with E-state index in [1.54, 1.807) is 24.7 Å². The first-order valence-electron chi connectivity index (χ1n) is 5.43. The maximum Gasteiger partial charge on any atom is 0.333 e. The highest BCUT2D eigenvalue weighted by Gasteiger charge is 2.02. The van der Waals surface area contributed by atoms with Crippen LogP contribution in [0.3, 0.4) is 0 Å². The lowest BCUT2D eigenvalue weighted by molar-refractivity contribution is 0.221. The molecule has 0 saturated heterocycles. The van der Waals surface area contributed by atoms with Gasteiger partial charge in [0.15, 0.2) is 0 Å². The van der Waals surface area contributed by atoms with Crippen molar-refractivity contribution in [2.24, 2.45) is 5.14 Å². The van der Waals surface area contributed by atoms with E-state index in [4.69, 9.17) is 4.74 Å². The lowest BCUT2D eigenvalue weighted by Gasteiger charge is -2.08. The predicted octanol–water partition coefficient (Wildman–Crippen LogP) is 0.471. The molecule has 0 spiro atoms. The Labute approximate surface area is 110 Å². The number of imidazole rings is 1. The van der Waals surface area contributed by atoms with Crippen molar-refractivity contribution in [1.82, 2.24) is 9.55 Å². The van der Waals surface area contributed by atoms with Crippen molar-refractivity contribution in [3.8, 4) is 11.4 Å². The summed E-state index contributed by atoms with van der Waals surface area (Å²) in [5.74, 6) is 0.601. The Bertz CT molecular complexity index is 625. The average Bonchev–Trinajstić information content (AvgIpc) is 2.88. The summed E-state index contributed by atoms with van der Waals surface area (Å²) < 4.78 is 32.6. The number of rotatable bonds is 6. The molecule has 8 heteroatoms. The quantitative estimate of drug-likeness (QED) is 0.777. The molecule has 2 aromatic rings. The lowest BCUT2D eigenvalue weighted by Crippen LogP contribution is -2.19. The Kier molecular flexibility index (Phi) is 4.15. The number of nitrogens with two attached hydrogens (primary N) is 1. The van der Waals surface area contributed by atoms with Crippen molar-refractivity contribution < 1.29 is 17.3 Å². The molecule has 0 bridgehead atoms. The van der Waals surface area contributed by atoms with Crippen LogP contribution in [0.2, 0.25) is 0 Å². The molecule has 7 nitrogen and oxygen atoms in total. The summed E-state index contributed by atoms with van der Waals surface area (Å²) >= 11 is 0. The van der Waals surface area contributed by atoms with E-state index < -0.39 is 10.3 Å². The Hall–Kier alpha value is -1.90. The third-order valence-electron chi connectivity index (χ3n) is 2.22. The molecule has 0 aliphatic rings. The second kappa shape index (κ2) is 5.83. The van der Waals surface area contributed by atoms with Gasteiger partial charge in [-0.1, -0.05) is 6.07 Å². The third kappa shape index (κ3) is 4.36. The van der Waals surface area contributed by atoms with Crippen molar-refractivity contribution in [2.45, 2.75) is 0 Å². The number of benzene rings is 1. The SMILES string of the molecule is NS(=O)(=O)OCCOc1cccc(-n2ccnc2)c1. The molecule has 0 aliphatic carbocycles. The highest BCUT2D eigenvalue weighted by Crippen LogP contribution is 2.16. The molecule has 0 radical (unpaired) electrons. The summed E-state index contributed by atoms with van der Waals surface area (Å²) in [7, 11) is -3.91. The second-order valence-corrected chi connectivity index (χ2v) is 4.85. The Morgan fingerprint density at radius 3 is 2.84 bits per heavy atom. The van der Waals surface area contributed by atoms with Crippen molar-refractivity contribution >= 4 is 10.3 Å². The molecule has 1 aromatic carbocycles. The van der Waals surface area contributed by atoms with E-state index in [1.165, 1.54) is 0 Å². The second-order valence-electron chi connectivity index (χ2n) is 3.63. The molecule has 0 amide bonds. The maximum atomic E-state index is 10.5. The molecule has 0 fully saturated rings. The molecule has 2 rings (SSSR count). The summed E-state index contributed by atoms with van der Waals surface area (Å²) in [5.41, 5.74) is 0.891. The Morgan fingerprint density at radius 2 is 2.16 bits per heavy atom. The summed E-state index contributed by atoms with van der Waals surface area (Å²) in [5, 5.41) is 4.69. The monoisotopic (exact) mass is 283 g/mol. The molecule has 102 valence electrons. The van der Waals surface area contributed by atoms with Gasteiger partial charge in [-0.05, 0) is 12.1 Å². The fourth-order valence-corrected chi connectivity index (χ4v) is 1.76. The topological polar surface area (TPSA) is 96.4 Å². The van der Waals surface area contributed by atoms with Crippen LogP contribution in [-0.2, 0) is 14.5 Å². The van der Waals surface area contributed by atoms with Crippen LogP contribution in [0.15, 0.2) is 43.0 Å². The normalized spacial score (nSPS) is 11.4. The highest BCUT2D eigenvalue weighted by molar-refractivity contribution is 7.84. The van der Waals surface area contributed by atoms with Crippen molar-refractivity contribution in [3.05, 3.63) is 43.0 Å². The summed E-state index contributed by atoms with van der Waals surface area (Å²) in [6, 6.07) is 7.29. The fourth-order valence-electron chi connectivity index (χ4n) is 1.46. The largest absolute Gasteiger partial charge is 0.491 e. The van der Waals surface area contributed by atoms with Gasteiger partial charge in [-0.25, -0.2) is 10.1 Å². The Balaban J connectivity index is 1.93. The van der Waals surface area contributed by atoms with E-state index >= 15 is 0 Å². The molecular weight excluding hydrogens is 270 g/mol. The zero-order valence-electron chi connectivity index (χ0n) is 9.97. The summed E-state index contributed by atoms with van der Waals surface area (Å²) in [4.78, 5) is 3.95. The van der Waals surface area contributed by atoms with Crippen molar-refractivity contribution in [2.75, 3.05) is 13.2 Å². The van der Waals surface area contributed by atoms with Gasteiger partial charge in [0, 0.05) is 18.5 Å². The fraction of sp³-hybridized carbons (Fsp3) is 0.182. The number of aromatic nitrogens is 2. The highest BCUT2D eigenvalue weighted by atomic mass is 32.2. The third-order valence-corrected chi connectivity index (χ3v) is 2.72. The van der Waals surface area contributed by atoms with Crippen molar-refractivity contribution in [1.29, 1.82) is 0 Å². The minimum atomic E-state index is -3.91. The van der Waals surface area contributed by atoms with Gasteiger partial charge in [0.25, 0.3) is 0 Å². The van der Waals surface area contributed by atoms with E-state index in [1.807, 2.05) is 22.9 Å². The zero-order chi connectivity index (χ0) is 13.7. The van der Waals surface area contributed by atoms with Crippen LogP contribution < -0.4 is 9.88 Å².